The molecule has 0 unspecified atom stereocenters. The molecule has 0 saturated carbocycles. The third-order valence-corrected chi connectivity index (χ3v) is 7.08. The fraction of sp³-hybridized carbons (Fsp3) is 0.250. The number of sulfonamides is 2. The Morgan fingerprint density at radius 1 is 0.875 bits per heavy atom. The SMILES string of the molecule is O=S(=O)(NS(=O)(=O)C(F)F)c1ccccc1S(=O)(=O)C(F)(F)F.[LiH]. The van der Waals surface area contributed by atoms with Crippen molar-refractivity contribution in [3.8, 4) is 0 Å². The molecule has 134 valence electrons. The van der Waals surface area contributed by atoms with E-state index in [1.54, 1.807) is 0 Å². The molecular weight excluding hydrogens is 404 g/mol. The van der Waals surface area contributed by atoms with E-state index >= 15 is 0 Å². The summed E-state index contributed by atoms with van der Waals surface area (Å²) in [6.45, 7) is 0. The number of sulfone groups is 1. The van der Waals surface area contributed by atoms with Crippen molar-refractivity contribution < 1.29 is 47.2 Å². The molecule has 0 bridgehead atoms. The molecule has 0 amide bonds. The van der Waals surface area contributed by atoms with E-state index in [0.29, 0.717) is 10.2 Å². The molecule has 0 heterocycles. The van der Waals surface area contributed by atoms with E-state index in [0.717, 1.165) is 12.1 Å². The third kappa shape index (κ3) is 4.67. The van der Waals surface area contributed by atoms with Crippen LogP contribution in [0.5, 0.6) is 0 Å². The second kappa shape index (κ2) is 7.26. The van der Waals surface area contributed by atoms with E-state index in [1.165, 1.54) is 0 Å². The molecule has 1 aromatic rings. The summed E-state index contributed by atoms with van der Waals surface area (Å²) in [6.07, 6.45) is 0. The molecular formula is C8H7F5LiNO6S3. The van der Waals surface area contributed by atoms with Crippen LogP contribution in [0.25, 0.3) is 0 Å². The Kier molecular flexibility index (Phi) is 7.04. The normalized spacial score (nSPS) is 13.6. The van der Waals surface area contributed by atoms with E-state index in [2.05, 4.69) is 0 Å². The van der Waals surface area contributed by atoms with Gasteiger partial charge in [-0.1, -0.05) is 16.3 Å². The van der Waals surface area contributed by atoms with Crippen molar-refractivity contribution >= 4 is 48.7 Å². The van der Waals surface area contributed by atoms with Crippen molar-refractivity contribution in [3.05, 3.63) is 24.3 Å². The number of rotatable bonds is 5. The number of hydrogen-bond donors (Lipinski definition) is 1. The van der Waals surface area contributed by atoms with Crippen molar-refractivity contribution in [2.75, 3.05) is 0 Å². The summed E-state index contributed by atoms with van der Waals surface area (Å²) in [5.41, 5.74) is -5.89. The fourth-order valence-electron chi connectivity index (χ4n) is 1.25. The van der Waals surface area contributed by atoms with Crippen LogP contribution < -0.4 is 4.13 Å². The van der Waals surface area contributed by atoms with Crippen LogP contribution in [0.1, 0.15) is 0 Å². The molecule has 0 aromatic heterocycles. The molecule has 24 heavy (non-hydrogen) atoms. The Hall–Kier alpha value is -0.723. The van der Waals surface area contributed by atoms with Gasteiger partial charge in [0, 0.05) is 0 Å². The first kappa shape index (κ1) is 23.3. The van der Waals surface area contributed by atoms with Crippen molar-refractivity contribution in [3.63, 3.8) is 0 Å². The quantitative estimate of drug-likeness (QED) is 0.546. The summed E-state index contributed by atoms with van der Waals surface area (Å²) >= 11 is 0. The van der Waals surface area contributed by atoms with Gasteiger partial charge in [-0.15, -0.1) is 0 Å². The summed E-state index contributed by atoms with van der Waals surface area (Å²) in [7, 11) is -17.5. The molecule has 0 aliphatic heterocycles. The Labute approximate surface area is 145 Å². The molecule has 7 nitrogen and oxygen atoms in total. The maximum absolute atomic E-state index is 12.5. The third-order valence-electron chi connectivity index (χ3n) is 2.19. The van der Waals surface area contributed by atoms with Gasteiger partial charge >= 0.3 is 30.1 Å². The average molecular weight is 411 g/mol. The van der Waals surface area contributed by atoms with Gasteiger partial charge in [-0.3, -0.25) is 0 Å². The van der Waals surface area contributed by atoms with Crippen LogP contribution in [0.4, 0.5) is 22.0 Å². The molecule has 1 rings (SSSR count). The van der Waals surface area contributed by atoms with Crippen LogP contribution in [0.3, 0.4) is 0 Å². The van der Waals surface area contributed by atoms with Crippen LogP contribution in [-0.2, 0) is 29.9 Å². The zero-order valence-electron chi connectivity index (χ0n) is 10.5. The first-order valence-corrected chi connectivity index (χ1v) is 9.60. The molecule has 0 radical (unpaired) electrons. The Morgan fingerprint density at radius 2 is 1.29 bits per heavy atom. The van der Waals surface area contributed by atoms with Gasteiger partial charge in [-0.2, -0.15) is 22.0 Å². The topological polar surface area (TPSA) is 114 Å². The van der Waals surface area contributed by atoms with Crippen molar-refractivity contribution in [2.45, 2.75) is 21.1 Å². The zero-order chi connectivity index (χ0) is 18.3. The van der Waals surface area contributed by atoms with Gasteiger partial charge in [0.15, 0.2) is 0 Å². The molecule has 0 saturated heterocycles. The molecule has 1 N–H and O–H groups in total. The van der Waals surface area contributed by atoms with Gasteiger partial charge in [0.2, 0.25) is 0 Å². The number of hydrogen-bond acceptors (Lipinski definition) is 6. The van der Waals surface area contributed by atoms with E-state index in [4.69, 9.17) is 0 Å². The van der Waals surface area contributed by atoms with Gasteiger partial charge in [0.1, 0.15) is 4.90 Å². The zero-order valence-corrected chi connectivity index (χ0v) is 12.9. The predicted molar refractivity (Wildman–Crippen MR) is 72.1 cm³/mol. The van der Waals surface area contributed by atoms with Gasteiger partial charge in [-0.05, 0) is 12.1 Å². The number of benzene rings is 1. The van der Waals surface area contributed by atoms with Crippen LogP contribution in [-0.4, -0.2) is 55.4 Å². The van der Waals surface area contributed by atoms with Gasteiger partial charge in [0.25, 0.3) is 29.9 Å². The number of halogens is 5. The summed E-state index contributed by atoms with van der Waals surface area (Å²) in [6, 6.07) is 2.08. The summed E-state index contributed by atoms with van der Waals surface area (Å²) < 4.78 is 130. The van der Waals surface area contributed by atoms with E-state index < -0.39 is 50.9 Å². The number of alkyl halides is 5. The van der Waals surface area contributed by atoms with Crippen LogP contribution in [0.2, 0.25) is 0 Å². The molecule has 16 heteroatoms. The van der Waals surface area contributed by atoms with E-state index in [1.807, 2.05) is 0 Å². The summed E-state index contributed by atoms with van der Waals surface area (Å²) in [5.74, 6) is -4.20. The maximum atomic E-state index is 12.5. The predicted octanol–water partition coefficient (Wildman–Crippen LogP) is 0.162. The molecule has 0 spiro atoms. The average Bonchev–Trinajstić information content (AvgIpc) is 2.36. The summed E-state index contributed by atoms with van der Waals surface area (Å²) in [4.78, 5) is -3.44. The minimum absolute atomic E-state index is 0. The van der Waals surface area contributed by atoms with Crippen molar-refractivity contribution in [1.29, 1.82) is 0 Å². The van der Waals surface area contributed by atoms with Crippen molar-refractivity contribution in [2.24, 2.45) is 0 Å². The Balaban J connectivity index is 0.00000529. The standard InChI is InChI=1S/C8H6F5NO6S3.Li.H/c9-7(10)23(19,20)14-22(17,18)6-4-2-1-3-5(6)21(15,16)8(11,12)13;;/h1-4,7,14H;;. The van der Waals surface area contributed by atoms with E-state index in [-0.39, 0.29) is 24.9 Å². The van der Waals surface area contributed by atoms with Crippen molar-refractivity contribution in [1.82, 2.24) is 4.13 Å². The molecule has 0 aliphatic carbocycles. The van der Waals surface area contributed by atoms with E-state index in [9.17, 15) is 47.2 Å². The second-order valence-electron chi connectivity index (χ2n) is 3.79. The molecule has 0 atom stereocenters. The Bertz CT molecular complexity index is 910. The molecule has 0 aliphatic rings. The first-order chi connectivity index (χ1) is 10.1. The van der Waals surface area contributed by atoms with Crippen LogP contribution in [0, 0.1) is 0 Å². The van der Waals surface area contributed by atoms with Gasteiger partial charge < -0.3 is 0 Å². The second-order valence-corrected chi connectivity index (χ2v) is 9.26. The number of nitrogens with one attached hydrogen (secondary N) is 1. The minimum atomic E-state index is -6.17. The van der Waals surface area contributed by atoms with Crippen LogP contribution >= 0.6 is 0 Å². The van der Waals surface area contributed by atoms with Gasteiger partial charge in [-0.25, -0.2) is 25.3 Å². The Morgan fingerprint density at radius 3 is 1.67 bits per heavy atom. The first-order valence-electron chi connectivity index (χ1n) is 5.09. The van der Waals surface area contributed by atoms with Gasteiger partial charge in [0.05, 0.1) is 4.90 Å². The molecule has 0 fully saturated rings. The fourth-order valence-corrected chi connectivity index (χ4v) is 5.22. The summed E-state index contributed by atoms with van der Waals surface area (Å²) in [5, 5.41) is 0. The monoisotopic (exact) mass is 411 g/mol. The molecule has 1 aromatic carbocycles. The van der Waals surface area contributed by atoms with Crippen LogP contribution in [0.15, 0.2) is 34.1 Å².